The van der Waals surface area contributed by atoms with Crippen molar-refractivity contribution in [1.82, 2.24) is 0 Å². The normalized spacial score (nSPS) is 22.4. The molecule has 5 heteroatoms. The summed E-state index contributed by atoms with van der Waals surface area (Å²) in [7, 11) is 0. The first kappa shape index (κ1) is 14.4. The number of hydrogen-bond donors (Lipinski definition) is 3. The molecule has 1 aliphatic carbocycles. The lowest BCUT2D eigenvalue weighted by Crippen LogP contribution is -2.22. The molecule has 20 heavy (non-hydrogen) atoms. The second-order valence-electron chi connectivity index (χ2n) is 5.38. The summed E-state index contributed by atoms with van der Waals surface area (Å²) in [5.74, 6) is -1.34. The van der Waals surface area contributed by atoms with Crippen LogP contribution in [0.2, 0.25) is 0 Å². The molecule has 3 N–H and O–H groups in total. The van der Waals surface area contributed by atoms with Gasteiger partial charge in [-0.2, -0.15) is 0 Å². The number of phenolic OH excluding ortho intramolecular Hbond substituents is 2. The number of carbonyl (C=O) groups is 2. The third-order valence-electron chi connectivity index (χ3n) is 3.95. The van der Waals surface area contributed by atoms with Gasteiger partial charge in [0.2, 0.25) is 0 Å². The summed E-state index contributed by atoms with van der Waals surface area (Å²) in [5.41, 5.74) is 0.211. The van der Waals surface area contributed by atoms with Crippen molar-refractivity contribution in [2.24, 2.45) is 11.8 Å². The highest BCUT2D eigenvalue weighted by molar-refractivity contribution is 5.98. The minimum atomic E-state index is -0.758. The van der Waals surface area contributed by atoms with Gasteiger partial charge in [0.1, 0.15) is 11.5 Å². The van der Waals surface area contributed by atoms with Crippen LogP contribution in [0.25, 0.3) is 0 Å². The lowest BCUT2D eigenvalue weighted by Gasteiger charge is -2.25. The van der Waals surface area contributed by atoms with E-state index in [1.807, 2.05) is 0 Å². The molecule has 0 aromatic heterocycles. The Morgan fingerprint density at radius 2 is 1.75 bits per heavy atom. The third kappa shape index (κ3) is 3.29. The minimum Gasteiger partial charge on any atom is -0.508 e. The number of ketones is 1. The number of benzene rings is 1. The average molecular weight is 278 g/mol. The Morgan fingerprint density at radius 3 is 2.30 bits per heavy atom. The molecule has 0 unspecified atom stereocenters. The van der Waals surface area contributed by atoms with E-state index in [1.165, 1.54) is 12.1 Å². The van der Waals surface area contributed by atoms with E-state index in [2.05, 4.69) is 0 Å². The second-order valence-corrected chi connectivity index (χ2v) is 5.38. The van der Waals surface area contributed by atoms with Crippen molar-refractivity contribution in [2.45, 2.75) is 32.1 Å². The molecule has 108 valence electrons. The molecule has 0 radical (unpaired) electrons. The number of aromatic hydroxyl groups is 2. The van der Waals surface area contributed by atoms with E-state index in [0.29, 0.717) is 19.3 Å². The average Bonchev–Trinajstić information content (AvgIpc) is 2.39. The Bertz CT molecular complexity index is 515. The van der Waals surface area contributed by atoms with Gasteiger partial charge in [0.15, 0.2) is 5.78 Å². The smallest absolute Gasteiger partial charge is 0.306 e. The highest BCUT2D eigenvalue weighted by Gasteiger charge is 2.27. The quantitative estimate of drug-likeness (QED) is 0.736. The molecule has 1 fully saturated rings. The number of rotatable bonds is 4. The molecule has 5 nitrogen and oxygen atoms in total. The van der Waals surface area contributed by atoms with Gasteiger partial charge < -0.3 is 15.3 Å². The monoisotopic (exact) mass is 278 g/mol. The van der Waals surface area contributed by atoms with Crippen LogP contribution >= 0.6 is 0 Å². The largest absolute Gasteiger partial charge is 0.508 e. The topological polar surface area (TPSA) is 94.8 Å². The summed E-state index contributed by atoms with van der Waals surface area (Å²) < 4.78 is 0. The fourth-order valence-electron chi connectivity index (χ4n) is 2.74. The van der Waals surface area contributed by atoms with E-state index < -0.39 is 5.97 Å². The van der Waals surface area contributed by atoms with Crippen LogP contribution in [0.5, 0.6) is 11.5 Å². The van der Waals surface area contributed by atoms with E-state index in [0.717, 1.165) is 18.9 Å². The van der Waals surface area contributed by atoms with E-state index in [1.54, 1.807) is 0 Å². The van der Waals surface area contributed by atoms with E-state index in [9.17, 15) is 19.8 Å². The van der Waals surface area contributed by atoms with Crippen LogP contribution in [-0.4, -0.2) is 27.1 Å². The second kappa shape index (κ2) is 5.94. The van der Waals surface area contributed by atoms with Crippen molar-refractivity contribution in [3.8, 4) is 11.5 Å². The Balaban J connectivity index is 1.94. The molecule has 1 saturated carbocycles. The lowest BCUT2D eigenvalue weighted by molar-refractivity contribution is -0.143. The van der Waals surface area contributed by atoms with E-state index in [-0.39, 0.29) is 34.7 Å². The van der Waals surface area contributed by atoms with Crippen LogP contribution in [0.1, 0.15) is 42.5 Å². The zero-order valence-electron chi connectivity index (χ0n) is 11.1. The standard InChI is InChI=1S/C15H18O5/c16-11-5-6-12(14(18)8-11)13(17)7-9-1-3-10(4-2-9)15(19)20/h5-6,8-10,16,18H,1-4,7H2,(H,19,20)/t9-,10-. The molecule has 1 aliphatic rings. The van der Waals surface area contributed by atoms with Crippen LogP contribution in [0.3, 0.4) is 0 Å². The highest BCUT2D eigenvalue weighted by Crippen LogP contribution is 2.33. The molecular weight excluding hydrogens is 260 g/mol. The predicted molar refractivity (Wildman–Crippen MR) is 71.8 cm³/mol. The van der Waals surface area contributed by atoms with Crippen LogP contribution in [0.4, 0.5) is 0 Å². The number of phenols is 2. The molecule has 0 heterocycles. The number of aliphatic carboxylic acids is 1. The van der Waals surface area contributed by atoms with Crippen molar-refractivity contribution < 1.29 is 24.9 Å². The number of carboxylic acid groups (broad SMARTS) is 1. The fraction of sp³-hybridized carbons (Fsp3) is 0.467. The van der Waals surface area contributed by atoms with Gasteiger partial charge in [-0.05, 0) is 43.7 Å². The summed E-state index contributed by atoms with van der Waals surface area (Å²) >= 11 is 0. The van der Waals surface area contributed by atoms with Crippen LogP contribution in [-0.2, 0) is 4.79 Å². The molecule has 0 bridgehead atoms. The van der Waals surface area contributed by atoms with Crippen LogP contribution < -0.4 is 0 Å². The molecule has 1 aromatic carbocycles. The van der Waals surface area contributed by atoms with Gasteiger partial charge in [-0.15, -0.1) is 0 Å². The summed E-state index contributed by atoms with van der Waals surface area (Å²) in [4.78, 5) is 23.0. The van der Waals surface area contributed by atoms with Gasteiger partial charge in [0.25, 0.3) is 0 Å². The van der Waals surface area contributed by atoms with Gasteiger partial charge in [-0.3, -0.25) is 9.59 Å². The zero-order valence-corrected chi connectivity index (χ0v) is 11.1. The summed E-state index contributed by atoms with van der Waals surface area (Å²) in [6, 6.07) is 3.93. The van der Waals surface area contributed by atoms with Crippen molar-refractivity contribution >= 4 is 11.8 Å². The van der Waals surface area contributed by atoms with E-state index >= 15 is 0 Å². The van der Waals surface area contributed by atoms with Crippen LogP contribution in [0.15, 0.2) is 18.2 Å². The van der Waals surface area contributed by atoms with Crippen molar-refractivity contribution in [3.63, 3.8) is 0 Å². The first-order valence-electron chi connectivity index (χ1n) is 6.75. The lowest BCUT2D eigenvalue weighted by atomic mass is 9.79. The Hall–Kier alpha value is -2.04. The molecule has 2 rings (SSSR count). The number of carboxylic acids is 1. The molecule has 0 spiro atoms. The number of carbonyl (C=O) groups excluding carboxylic acids is 1. The Labute approximate surface area is 116 Å². The van der Waals surface area contributed by atoms with Crippen LogP contribution in [0, 0.1) is 11.8 Å². The zero-order chi connectivity index (χ0) is 14.7. The maximum atomic E-state index is 12.1. The fourth-order valence-corrected chi connectivity index (χ4v) is 2.74. The highest BCUT2D eigenvalue weighted by atomic mass is 16.4. The van der Waals surface area contributed by atoms with Gasteiger partial charge >= 0.3 is 5.97 Å². The maximum absolute atomic E-state index is 12.1. The van der Waals surface area contributed by atoms with E-state index in [4.69, 9.17) is 5.11 Å². The summed E-state index contributed by atoms with van der Waals surface area (Å²) in [5, 5.41) is 27.8. The Kier molecular flexibility index (Phi) is 4.27. The first-order chi connectivity index (χ1) is 9.47. The van der Waals surface area contributed by atoms with Gasteiger partial charge in [-0.1, -0.05) is 0 Å². The van der Waals surface area contributed by atoms with Gasteiger partial charge in [-0.25, -0.2) is 0 Å². The number of Topliss-reactive ketones (excluding diaryl/α,β-unsaturated/α-hetero) is 1. The molecule has 0 amide bonds. The SMILES string of the molecule is O=C(C[C@H]1CC[C@H](C(=O)O)CC1)c1ccc(O)cc1O. The predicted octanol–water partition coefficient (Wildman–Crippen LogP) is 2.56. The third-order valence-corrected chi connectivity index (χ3v) is 3.95. The maximum Gasteiger partial charge on any atom is 0.306 e. The van der Waals surface area contributed by atoms with Gasteiger partial charge in [0, 0.05) is 12.5 Å². The molecule has 0 atom stereocenters. The first-order valence-corrected chi connectivity index (χ1v) is 6.75. The summed E-state index contributed by atoms with van der Waals surface area (Å²) in [6.07, 6.45) is 2.97. The van der Waals surface area contributed by atoms with Crippen molar-refractivity contribution in [1.29, 1.82) is 0 Å². The minimum absolute atomic E-state index is 0.0824. The van der Waals surface area contributed by atoms with Crippen molar-refractivity contribution in [2.75, 3.05) is 0 Å². The molecule has 0 saturated heterocycles. The molecule has 0 aliphatic heterocycles. The molecular formula is C15H18O5. The van der Waals surface area contributed by atoms with Gasteiger partial charge in [0.05, 0.1) is 11.5 Å². The number of hydrogen-bond acceptors (Lipinski definition) is 4. The Morgan fingerprint density at radius 1 is 1.10 bits per heavy atom. The molecule has 1 aromatic rings. The van der Waals surface area contributed by atoms with Crippen molar-refractivity contribution in [3.05, 3.63) is 23.8 Å². The summed E-state index contributed by atoms with van der Waals surface area (Å²) in [6.45, 7) is 0.